The highest BCUT2D eigenvalue weighted by Crippen LogP contribution is 2.35. The minimum absolute atomic E-state index is 0.0143. The number of rotatable bonds is 10. The SMILES string of the molecule is CC/C=C/CCCC(CC)(CCO)[C@H](N)C(=O)O. The van der Waals surface area contributed by atoms with Crippen molar-refractivity contribution in [1.82, 2.24) is 0 Å². The van der Waals surface area contributed by atoms with E-state index in [0.29, 0.717) is 12.8 Å². The summed E-state index contributed by atoms with van der Waals surface area (Å²) < 4.78 is 0. The first-order chi connectivity index (χ1) is 8.54. The number of carboxylic acids is 1. The maximum absolute atomic E-state index is 11.1. The summed E-state index contributed by atoms with van der Waals surface area (Å²) in [4.78, 5) is 11.1. The van der Waals surface area contributed by atoms with Gasteiger partial charge in [-0.3, -0.25) is 4.79 Å². The number of nitrogens with two attached hydrogens (primary N) is 1. The first-order valence-corrected chi connectivity index (χ1v) is 6.78. The lowest BCUT2D eigenvalue weighted by Gasteiger charge is -2.35. The summed E-state index contributed by atoms with van der Waals surface area (Å²) in [7, 11) is 0. The molecule has 0 amide bonds. The van der Waals surface area contributed by atoms with Crippen LogP contribution in [0.2, 0.25) is 0 Å². The number of carboxylic acid groups (broad SMARTS) is 1. The predicted octanol–water partition coefficient (Wildman–Crippen LogP) is 2.31. The highest BCUT2D eigenvalue weighted by atomic mass is 16.4. The summed E-state index contributed by atoms with van der Waals surface area (Å²) in [6.45, 7) is 4.01. The highest BCUT2D eigenvalue weighted by molar-refractivity contribution is 5.74. The molecule has 0 aliphatic heterocycles. The molecule has 106 valence electrons. The molecule has 0 aliphatic carbocycles. The summed E-state index contributed by atoms with van der Waals surface area (Å²) in [5.41, 5.74) is 5.32. The molecule has 0 aromatic heterocycles. The van der Waals surface area contributed by atoms with Crippen LogP contribution < -0.4 is 5.73 Å². The van der Waals surface area contributed by atoms with Gasteiger partial charge in [0, 0.05) is 6.61 Å². The minimum Gasteiger partial charge on any atom is -0.480 e. The smallest absolute Gasteiger partial charge is 0.321 e. The minimum atomic E-state index is -0.977. The van der Waals surface area contributed by atoms with E-state index < -0.39 is 17.4 Å². The monoisotopic (exact) mass is 257 g/mol. The Bertz CT molecular complexity index is 266. The molecule has 18 heavy (non-hydrogen) atoms. The van der Waals surface area contributed by atoms with Crippen molar-refractivity contribution in [2.24, 2.45) is 11.1 Å². The molecule has 1 unspecified atom stereocenters. The molecule has 0 spiro atoms. The number of aliphatic hydroxyl groups is 1. The van der Waals surface area contributed by atoms with E-state index >= 15 is 0 Å². The maximum Gasteiger partial charge on any atom is 0.321 e. The number of aliphatic carboxylic acids is 1. The Kier molecular flexibility index (Phi) is 8.67. The lowest BCUT2D eigenvalue weighted by Crippen LogP contribution is -2.47. The van der Waals surface area contributed by atoms with Crippen molar-refractivity contribution in [3.05, 3.63) is 12.2 Å². The van der Waals surface area contributed by atoms with Crippen LogP contribution in [0.25, 0.3) is 0 Å². The zero-order valence-electron chi connectivity index (χ0n) is 11.6. The van der Waals surface area contributed by atoms with Gasteiger partial charge in [-0.25, -0.2) is 0 Å². The Morgan fingerprint density at radius 1 is 1.33 bits per heavy atom. The van der Waals surface area contributed by atoms with E-state index in [1.54, 1.807) is 0 Å². The van der Waals surface area contributed by atoms with Crippen LogP contribution in [-0.2, 0) is 4.79 Å². The summed E-state index contributed by atoms with van der Waals surface area (Å²) in [5.74, 6) is -0.977. The van der Waals surface area contributed by atoms with Gasteiger partial charge in [0.15, 0.2) is 0 Å². The molecule has 0 heterocycles. The normalized spacial score (nSPS) is 16.7. The van der Waals surface area contributed by atoms with Gasteiger partial charge in [0.25, 0.3) is 0 Å². The molecule has 0 radical (unpaired) electrons. The van der Waals surface area contributed by atoms with E-state index in [1.807, 2.05) is 6.92 Å². The van der Waals surface area contributed by atoms with Crippen LogP contribution in [-0.4, -0.2) is 28.8 Å². The number of hydrogen-bond donors (Lipinski definition) is 3. The molecule has 0 aromatic carbocycles. The molecule has 0 aliphatic rings. The van der Waals surface area contributed by atoms with E-state index in [9.17, 15) is 4.79 Å². The van der Waals surface area contributed by atoms with Gasteiger partial charge in [-0.15, -0.1) is 0 Å². The van der Waals surface area contributed by atoms with Gasteiger partial charge in [-0.1, -0.05) is 26.0 Å². The maximum atomic E-state index is 11.1. The largest absolute Gasteiger partial charge is 0.480 e. The van der Waals surface area contributed by atoms with Crippen LogP contribution in [0.1, 0.15) is 52.4 Å². The second kappa shape index (κ2) is 9.11. The van der Waals surface area contributed by atoms with Gasteiger partial charge in [0.1, 0.15) is 6.04 Å². The fourth-order valence-corrected chi connectivity index (χ4v) is 2.35. The average molecular weight is 257 g/mol. The third-order valence-corrected chi connectivity index (χ3v) is 3.69. The molecule has 4 nitrogen and oxygen atoms in total. The molecule has 0 bridgehead atoms. The van der Waals surface area contributed by atoms with Gasteiger partial charge in [0.2, 0.25) is 0 Å². The van der Waals surface area contributed by atoms with Crippen molar-refractivity contribution < 1.29 is 15.0 Å². The fraction of sp³-hybridized carbons (Fsp3) is 0.786. The first-order valence-electron chi connectivity index (χ1n) is 6.78. The van der Waals surface area contributed by atoms with E-state index in [4.69, 9.17) is 15.9 Å². The molecule has 0 rings (SSSR count). The fourth-order valence-electron chi connectivity index (χ4n) is 2.35. The van der Waals surface area contributed by atoms with Gasteiger partial charge in [-0.2, -0.15) is 0 Å². The van der Waals surface area contributed by atoms with E-state index in [0.717, 1.165) is 25.7 Å². The number of carbonyl (C=O) groups is 1. The van der Waals surface area contributed by atoms with E-state index in [2.05, 4.69) is 19.1 Å². The lowest BCUT2D eigenvalue weighted by atomic mass is 9.72. The first kappa shape index (κ1) is 17.1. The number of allylic oxidation sites excluding steroid dienone is 2. The molecule has 0 fully saturated rings. The third-order valence-electron chi connectivity index (χ3n) is 3.69. The van der Waals surface area contributed by atoms with E-state index in [-0.39, 0.29) is 6.61 Å². The summed E-state index contributed by atoms with van der Waals surface area (Å²) in [6.07, 6.45) is 8.96. The second-order valence-corrected chi connectivity index (χ2v) is 4.78. The zero-order chi connectivity index (χ0) is 14.0. The van der Waals surface area contributed by atoms with Crippen LogP contribution >= 0.6 is 0 Å². The topological polar surface area (TPSA) is 83.5 Å². The molecule has 4 heteroatoms. The van der Waals surface area contributed by atoms with Crippen molar-refractivity contribution in [2.45, 2.75) is 58.4 Å². The Labute approximate surface area is 110 Å². The lowest BCUT2D eigenvalue weighted by molar-refractivity contribution is -0.142. The van der Waals surface area contributed by atoms with Gasteiger partial charge >= 0.3 is 5.97 Å². The number of hydrogen-bond acceptors (Lipinski definition) is 3. The van der Waals surface area contributed by atoms with Gasteiger partial charge < -0.3 is 15.9 Å². The molecule has 0 aromatic rings. The number of unbranched alkanes of at least 4 members (excludes halogenated alkanes) is 1. The van der Waals surface area contributed by atoms with Crippen molar-refractivity contribution in [1.29, 1.82) is 0 Å². The molecule has 0 saturated carbocycles. The van der Waals surface area contributed by atoms with Crippen LogP contribution in [0.3, 0.4) is 0 Å². The molecular weight excluding hydrogens is 230 g/mol. The van der Waals surface area contributed by atoms with Crippen molar-refractivity contribution in [3.8, 4) is 0 Å². The Balaban J connectivity index is 4.55. The van der Waals surface area contributed by atoms with Crippen LogP contribution in [0.4, 0.5) is 0 Å². The summed E-state index contributed by atoms with van der Waals surface area (Å²) in [5, 5.41) is 18.2. The third kappa shape index (κ3) is 5.19. The van der Waals surface area contributed by atoms with Crippen molar-refractivity contribution >= 4 is 5.97 Å². The Morgan fingerprint density at radius 2 is 2.00 bits per heavy atom. The quantitative estimate of drug-likeness (QED) is 0.414. The van der Waals surface area contributed by atoms with Crippen LogP contribution in [0.5, 0.6) is 0 Å². The molecule has 4 N–H and O–H groups in total. The summed E-state index contributed by atoms with van der Waals surface area (Å²) >= 11 is 0. The van der Waals surface area contributed by atoms with Gasteiger partial charge in [-0.05, 0) is 43.9 Å². The Morgan fingerprint density at radius 3 is 2.44 bits per heavy atom. The standard InChI is InChI=1S/C14H27NO3/c1-3-5-6-7-8-9-14(4-2,10-11-16)12(15)13(17)18/h5-6,12,16H,3-4,7-11,15H2,1-2H3,(H,17,18)/b6-5+/t12-,14?/m1/s1. The van der Waals surface area contributed by atoms with Crippen LogP contribution in [0, 0.1) is 5.41 Å². The second-order valence-electron chi connectivity index (χ2n) is 4.78. The molecule has 2 atom stereocenters. The molecule has 0 saturated heterocycles. The highest BCUT2D eigenvalue weighted by Gasteiger charge is 2.38. The number of aliphatic hydroxyl groups excluding tert-OH is 1. The van der Waals surface area contributed by atoms with Crippen molar-refractivity contribution in [2.75, 3.05) is 6.61 Å². The summed E-state index contributed by atoms with van der Waals surface area (Å²) in [6, 6.07) is -0.898. The molecular formula is C14H27NO3. The predicted molar refractivity (Wildman–Crippen MR) is 73.3 cm³/mol. The zero-order valence-corrected chi connectivity index (χ0v) is 11.6. The van der Waals surface area contributed by atoms with Crippen molar-refractivity contribution in [3.63, 3.8) is 0 Å². The van der Waals surface area contributed by atoms with Gasteiger partial charge in [0.05, 0.1) is 0 Å². The van der Waals surface area contributed by atoms with Crippen LogP contribution in [0.15, 0.2) is 12.2 Å². The van der Waals surface area contributed by atoms with E-state index in [1.165, 1.54) is 0 Å². The Hall–Kier alpha value is -0.870. The average Bonchev–Trinajstić information content (AvgIpc) is 2.36.